The number of pyridine rings is 1. The van der Waals surface area contributed by atoms with Gasteiger partial charge in [0.1, 0.15) is 5.82 Å². The van der Waals surface area contributed by atoms with Crippen molar-refractivity contribution in [3.05, 3.63) is 23.9 Å². The van der Waals surface area contributed by atoms with Gasteiger partial charge in [0.2, 0.25) is 0 Å². The predicted octanol–water partition coefficient (Wildman–Crippen LogP) is 2.20. The summed E-state index contributed by atoms with van der Waals surface area (Å²) < 4.78 is 0. The summed E-state index contributed by atoms with van der Waals surface area (Å²) in [4.78, 5) is 9.64. The normalized spacial score (nSPS) is 29.1. The number of nitrogens with zero attached hydrogens (tertiary/aromatic N) is 3. The molecular formula is C16H25N3O. The molecule has 20 heavy (non-hydrogen) atoms. The number of aliphatic hydroxyl groups excluding tert-OH is 1. The van der Waals surface area contributed by atoms with Crippen molar-refractivity contribution in [3.8, 4) is 0 Å². The largest absolute Gasteiger partial charge is 0.389 e. The smallest absolute Gasteiger partial charge is 0.128 e. The highest BCUT2D eigenvalue weighted by Gasteiger charge is 2.33. The Kier molecular flexibility index (Phi) is 3.94. The SMILES string of the molecule is CC(O)c1ccc(N2CC3CCCCN3CC2C)nc1. The van der Waals surface area contributed by atoms with Crippen molar-refractivity contribution in [2.75, 3.05) is 24.5 Å². The second kappa shape index (κ2) is 5.70. The van der Waals surface area contributed by atoms with Gasteiger partial charge in [0.15, 0.2) is 0 Å². The Bertz CT molecular complexity index is 446. The Hall–Kier alpha value is -1.13. The lowest BCUT2D eigenvalue weighted by atomic mass is 9.97. The Balaban J connectivity index is 1.75. The number of hydrogen-bond donors (Lipinski definition) is 1. The molecule has 110 valence electrons. The van der Waals surface area contributed by atoms with Gasteiger partial charge in [-0.25, -0.2) is 4.98 Å². The Morgan fingerprint density at radius 3 is 2.85 bits per heavy atom. The molecule has 3 unspecified atom stereocenters. The molecule has 3 atom stereocenters. The van der Waals surface area contributed by atoms with Crippen LogP contribution in [0.3, 0.4) is 0 Å². The van der Waals surface area contributed by atoms with E-state index in [1.54, 1.807) is 13.1 Å². The molecule has 2 aliphatic rings. The highest BCUT2D eigenvalue weighted by Crippen LogP contribution is 2.27. The molecule has 0 aromatic carbocycles. The molecule has 3 rings (SSSR count). The van der Waals surface area contributed by atoms with Gasteiger partial charge in [-0.15, -0.1) is 0 Å². The summed E-state index contributed by atoms with van der Waals surface area (Å²) in [5.41, 5.74) is 0.887. The van der Waals surface area contributed by atoms with E-state index in [0.29, 0.717) is 12.1 Å². The van der Waals surface area contributed by atoms with E-state index in [4.69, 9.17) is 0 Å². The maximum Gasteiger partial charge on any atom is 0.128 e. The number of rotatable bonds is 2. The lowest BCUT2D eigenvalue weighted by Gasteiger charge is -2.48. The first kappa shape index (κ1) is 13.8. The molecule has 0 saturated carbocycles. The van der Waals surface area contributed by atoms with Gasteiger partial charge in [-0.3, -0.25) is 4.90 Å². The highest BCUT2D eigenvalue weighted by atomic mass is 16.3. The third-order valence-corrected chi connectivity index (χ3v) is 4.73. The second-order valence-corrected chi connectivity index (χ2v) is 6.27. The number of piperidine rings is 1. The average molecular weight is 275 g/mol. The van der Waals surface area contributed by atoms with Gasteiger partial charge in [0.05, 0.1) is 6.10 Å². The second-order valence-electron chi connectivity index (χ2n) is 6.27. The molecule has 0 amide bonds. The van der Waals surface area contributed by atoms with E-state index in [1.807, 2.05) is 6.07 Å². The summed E-state index contributed by atoms with van der Waals surface area (Å²) in [5.74, 6) is 1.05. The molecule has 4 nitrogen and oxygen atoms in total. The van der Waals surface area contributed by atoms with Crippen LogP contribution in [0.2, 0.25) is 0 Å². The summed E-state index contributed by atoms with van der Waals surface area (Å²) in [6, 6.07) is 5.25. The first-order valence-electron chi connectivity index (χ1n) is 7.80. The number of fused-ring (bicyclic) bond motifs is 1. The molecule has 0 bridgehead atoms. The topological polar surface area (TPSA) is 39.6 Å². The van der Waals surface area contributed by atoms with Crippen molar-refractivity contribution in [1.29, 1.82) is 0 Å². The lowest BCUT2D eigenvalue weighted by molar-refractivity contribution is 0.115. The van der Waals surface area contributed by atoms with Crippen molar-refractivity contribution >= 4 is 5.82 Å². The first-order valence-corrected chi connectivity index (χ1v) is 7.80. The highest BCUT2D eigenvalue weighted by molar-refractivity contribution is 5.42. The van der Waals surface area contributed by atoms with Crippen LogP contribution in [-0.2, 0) is 0 Å². The molecule has 2 aliphatic heterocycles. The van der Waals surface area contributed by atoms with E-state index in [-0.39, 0.29) is 0 Å². The van der Waals surface area contributed by atoms with Crippen molar-refractivity contribution in [1.82, 2.24) is 9.88 Å². The summed E-state index contributed by atoms with van der Waals surface area (Å²) >= 11 is 0. The molecule has 1 aromatic rings. The minimum absolute atomic E-state index is 0.441. The van der Waals surface area contributed by atoms with Crippen molar-refractivity contribution in [3.63, 3.8) is 0 Å². The van der Waals surface area contributed by atoms with Crippen LogP contribution in [0, 0.1) is 0 Å². The fourth-order valence-corrected chi connectivity index (χ4v) is 3.49. The van der Waals surface area contributed by atoms with E-state index in [2.05, 4.69) is 27.8 Å². The first-order chi connectivity index (χ1) is 9.65. The van der Waals surface area contributed by atoms with Crippen LogP contribution in [0.5, 0.6) is 0 Å². The number of hydrogen-bond acceptors (Lipinski definition) is 4. The van der Waals surface area contributed by atoms with Gasteiger partial charge in [0, 0.05) is 31.4 Å². The number of anilines is 1. The quantitative estimate of drug-likeness (QED) is 0.898. The predicted molar refractivity (Wildman–Crippen MR) is 80.9 cm³/mol. The maximum atomic E-state index is 9.57. The maximum absolute atomic E-state index is 9.57. The van der Waals surface area contributed by atoms with Crippen LogP contribution in [0.15, 0.2) is 18.3 Å². The van der Waals surface area contributed by atoms with Gasteiger partial charge >= 0.3 is 0 Å². The molecule has 1 aromatic heterocycles. The third kappa shape index (κ3) is 2.67. The Labute approximate surface area is 121 Å². The Morgan fingerprint density at radius 1 is 1.30 bits per heavy atom. The zero-order valence-corrected chi connectivity index (χ0v) is 12.5. The Morgan fingerprint density at radius 2 is 2.15 bits per heavy atom. The molecular weight excluding hydrogens is 250 g/mol. The minimum atomic E-state index is -0.441. The van der Waals surface area contributed by atoms with Crippen LogP contribution in [0.1, 0.15) is 44.8 Å². The third-order valence-electron chi connectivity index (χ3n) is 4.73. The van der Waals surface area contributed by atoms with Gasteiger partial charge in [-0.2, -0.15) is 0 Å². The van der Waals surface area contributed by atoms with E-state index in [9.17, 15) is 5.11 Å². The van der Waals surface area contributed by atoms with Gasteiger partial charge < -0.3 is 10.0 Å². The molecule has 0 aliphatic carbocycles. The van der Waals surface area contributed by atoms with Crippen molar-refractivity contribution in [2.45, 2.75) is 51.3 Å². The monoisotopic (exact) mass is 275 g/mol. The fraction of sp³-hybridized carbons (Fsp3) is 0.688. The molecule has 1 N–H and O–H groups in total. The number of piperazine rings is 1. The standard InChI is InChI=1S/C16H25N3O/c1-12-10-18-8-4-3-5-15(18)11-19(12)16-7-6-14(9-17-16)13(2)20/h6-7,9,12-13,15,20H,3-5,8,10-11H2,1-2H3. The molecule has 2 saturated heterocycles. The van der Waals surface area contributed by atoms with Crippen LogP contribution in [0.4, 0.5) is 5.82 Å². The summed E-state index contributed by atoms with van der Waals surface area (Å²) in [6.45, 7) is 7.55. The van der Waals surface area contributed by atoms with Crippen LogP contribution >= 0.6 is 0 Å². The van der Waals surface area contributed by atoms with Crippen molar-refractivity contribution < 1.29 is 5.11 Å². The summed E-state index contributed by atoms with van der Waals surface area (Å²) in [7, 11) is 0. The van der Waals surface area contributed by atoms with Gasteiger partial charge in [0.25, 0.3) is 0 Å². The van der Waals surface area contributed by atoms with Crippen LogP contribution in [-0.4, -0.2) is 46.7 Å². The zero-order chi connectivity index (χ0) is 14.1. The van der Waals surface area contributed by atoms with E-state index >= 15 is 0 Å². The molecule has 2 fully saturated rings. The van der Waals surface area contributed by atoms with E-state index in [1.165, 1.54) is 25.8 Å². The van der Waals surface area contributed by atoms with Crippen molar-refractivity contribution in [2.24, 2.45) is 0 Å². The molecule has 0 spiro atoms. The fourth-order valence-electron chi connectivity index (χ4n) is 3.49. The van der Waals surface area contributed by atoms with Crippen LogP contribution < -0.4 is 4.90 Å². The molecule has 0 radical (unpaired) electrons. The minimum Gasteiger partial charge on any atom is -0.389 e. The van der Waals surface area contributed by atoms with Gasteiger partial charge in [-0.05, 0) is 44.9 Å². The summed E-state index contributed by atoms with van der Waals surface area (Å²) in [5, 5.41) is 9.57. The summed E-state index contributed by atoms with van der Waals surface area (Å²) in [6.07, 6.45) is 5.39. The zero-order valence-electron chi connectivity index (χ0n) is 12.5. The molecule has 4 heteroatoms. The van der Waals surface area contributed by atoms with E-state index in [0.717, 1.165) is 24.5 Å². The van der Waals surface area contributed by atoms with E-state index < -0.39 is 6.10 Å². The lowest BCUT2D eigenvalue weighted by Crippen LogP contribution is -2.59. The average Bonchev–Trinajstić information content (AvgIpc) is 2.46. The van der Waals surface area contributed by atoms with Crippen LogP contribution in [0.25, 0.3) is 0 Å². The number of aromatic nitrogens is 1. The van der Waals surface area contributed by atoms with Gasteiger partial charge in [-0.1, -0.05) is 12.5 Å². The molecule has 3 heterocycles. The number of aliphatic hydroxyl groups is 1.